The van der Waals surface area contributed by atoms with E-state index in [1.54, 1.807) is 0 Å². The Bertz CT molecular complexity index is 163. The standard InChI is InChI=1S/C9H18NO/c1-7-6-8(2,3)10(11)9(7,4)5/h7H,6H2,1-5H3/q-1. The average molecular weight is 156 g/mol. The molecule has 1 aliphatic rings. The molecule has 0 bridgehead atoms. The molecule has 1 saturated heterocycles. The van der Waals surface area contributed by atoms with Crippen LogP contribution in [0.25, 0.3) is 0 Å². The monoisotopic (exact) mass is 156 g/mol. The maximum Gasteiger partial charge on any atom is 0.00635 e. The summed E-state index contributed by atoms with van der Waals surface area (Å²) in [5, 5.41) is 12.9. The molecule has 0 aromatic rings. The fourth-order valence-corrected chi connectivity index (χ4v) is 2.06. The van der Waals surface area contributed by atoms with E-state index in [0.717, 1.165) is 6.42 Å². The molecule has 11 heavy (non-hydrogen) atoms. The minimum Gasteiger partial charge on any atom is -0.784 e. The number of nitrogens with zero attached hydrogens (tertiary/aromatic N) is 1. The van der Waals surface area contributed by atoms with Crippen molar-refractivity contribution in [2.75, 3.05) is 0 Å². The molecule has 0 aromatic carbocycles. The first-order chi connectivity index (χ1) is 4.78. The smallest absolute Gasteiger partial charge is 0.00635 e. The van der Waals surface area contributed by atoms with E-state index in [4.69, 9.17) is 0 Å². The Labute approximate surface area is 69.2 Å². The molecular formula is C9H18NO-. The van der Waals surface area contributed by atoms with Gasteiger partial charge in [-0.15, -0.1) is 0 Å². The van der Waals surface area contributed by atoms with E-state index in [1.807, 2.05) is 27.7 Å². The molecule has 1 atom stereocenters. The van der Waals surface area contributed by atoms with Gasteiger partial charge in [0.05, 0.1) is 0 Å². The number of hydrogen-bond acceptors (Lipinski definition) is 2. The number of hydroxylamine groups is 2. The summed E-state index contributed by atoms with van der Waals surface area (Å²) < 4.78 is 0. The minimum absolute atomic E-state index is 0.164. The first-order valence-corrected chi connectivity index (χ1v) is 4.26. The molecular weight excluding hydrogens is 138 g/mol. The normalized spacial score (nSPS) is 36.0. The summed E-state index contributed by atoms with van der Waals surface area (Å²) in [5.41, 5.74) is -0.341. The highest BCUT2D eigenvalue weighted by Gasteiger charge is 2.43. The van der Waals surface area contributed by atoms with E-state index < -0.39 is 0 Å². The van der Waals surface area contributed by atoms with Gasteiger partial charge in [0.1, 0.15) is 0 Å². The van der Waals surface area contributed by atoms with Gasteiger partial charge in [0.25, 0.3) is 0 Å². The van der Waals surface area contributed by atoms with Crippen molar-refractivity contribution in [1.29, 1.82) is 0 Å². The highest BCUT2D eigenvalue weighted by molar-refractivity contribution is 5.04. The van der Waals surface area contributed by atoms with Gasteiger partial charge in [-0.2, -0.15) is 0 Å². The second-order valence-corrected chi connectivity index (χ2v) is 4.87. The lowest BCUT2D eigenvalue weighted by molar-refractivity contribution is 0.131. The van der Waals surface area contributed by atoms with E-state index in [1.165, 1.54) is 5.06 Å². The first-order valence-electron chi connectivity index (χ1n) is 4.26. The third kappa shape index (κ3) is 1.18. The summed E-state index contributed by atoms with van der Waals surface area (Å²) >= 11 is 0. The van der Waals surface area contributed by atoms with Crippen molar-refractivity contribution in [3.8, 4) is 0 Å². The van der Waals surface area contributed by atoms with E-state index in [-0.39, 0.29) is 11.1 Å². The first kappa shape index (κ1) is 9.01. The van der Waals surface area contributed by atoms with Gasteiger partial charge < -0.3 is 10.3 Å². The van der Waals surface area contributed by atoms with Gasteiger partial charge in [0, 0.05) is 11.1 Å². The molecule has 1 aliphatic heterocycles. The van der Waals surface area contributed by atoms with Crippen molar-refractivity contribution in [1.82, 2.24) is 5.06 Å². The van der Waals surface area contributed by atoms with Crippen molar-refractivity contribution in [2.45, 2.75) is 52.1 Å². The Kier molecular flexibility index (Phi) is 1.81. The van der Waals surface area contributed by atoms with Crippen LogP contribution in [0.5, 0.6) is 0 Å². The Hall–Kier alpha value is -0.0800. The summed E-state index contributed by atoms with van der Waals surface area (Å²) in [4.78, 5) is 0. The topological polar surface area (TPSA) is 26.3 Å². The van der Waals surface area contributed by atoms with Crippen molar-refractivity contribution >= 4 is 0 Å². The summed E-state index contributed by atoms with van der Waals surface area (Å²) in [6, 6.07) is 0. The lowest BCUT2D eigenvalue weighted by atomic mass is 9.89. The molecule has 66 valence electrons. The van der Waals surface area contributed by atoms with Crippen molar-refractivity contribution < 1.29 is 0 Å². The zero-order valence-electron chi connectivity index (χ0n) is 8.14. The number of rotatable bonds is 0. The molecule has 0 aromatic heterocycles. The van der Waals surface area contributed by atoms with Crippen LogP contribution in [0, 0.1) is 11.1 Å². The Morgan fingerprint density at radius 3 is 1.82 bits per heavy atom. The van der Waals surface area contributed by atoms with Crippen LogP contribution in [-0.2, 0) is 0 Å². The summed E-state index contributed by atoms with van der Waals surface area (Å²) in [7, 11) is 0. The molecule has 2 nitrogen and oxygen atoms in total. The van der Waals surface area contributed by atoms with Crippen molar-refractivity contribution in [2.24, 2.45) is 5.92 Å². The third-order valence-electron chi connectivity index (χ3n) is 3.08. The molecule has 1 heterocycles. The molecule has 0 radical (unpaired) electrons. The van der Waals surface area contributed by atoms with E-state index in [9.17, 15) is 5.21 Å². The van der Waals surface area contributed by atoms with Gasteiger partial charge in [-0.25, -0.2) is 0 Å². The van der Waals surface area contributed by atoms with E-state index in [0.29, 0.717) is 5.92 Å². The quantitative estimate of drug-likeness (QED) is 0.538. The van der Waals surface area contributed by atoms with Gasteiger partial charge >= 0.3 is 0 Å². The van der Waals surface area contributed by atoms with Crippen LogP contribution in [0.2, 0.25) is 0 Å². The molecule has 0 amide bonds. The van der Waals surface area contributed by atoms with Crippen LogP contribution in [0.1, 0.15) is 41.0 Å². The summed E-state index contributed by atoms with van der Waals surface area (Å²) in [6.45, 7) is 10.2. The van der Waals surface area contributed by atoms with E-state index >= 15 is 0 Å². The zero-order chi connectivity index (χ0) is 8.86. The molecule has 0 spiro atoms. The highest BCUT2D eigenvalue weighted by atomic mass is 16.5. The van der Waals surface area contributed by atoms with Gasteiger partial charge in [0.15, 0.2) is 0 Å². The fourth-order valence-electron chi connectivity index (χ4n) is 2.06. The van der Waals surface area contributed by atoms with Crippen molar-refractivity contribution in [3.63, 3.8) is 0 Å². The third-order valence-corrected chi connectivity index (χ3v) is 3.08. The Morgan fingerprint density at radius 2 is 1.73 bits per heavy atom. The second-order valence-electron chi connectivity index (χ2n) is 4.87. The van der Waals surface area contributed by atoms with Crippen LogP contribution >= 0.6 is 0 Å². The molecule has 1 fully saturated rings. The largest absolute Gasteiger partial charge is 0.784 e. The predicted molar refractivity (Wildman–Crippen MR) is 47.1 cm³/mol. The zero-order valence-corrected chi connectivity index (χ0v) is 8.14. The maximum atomic E-state index is 11.7. The van der Waals surface area contributed by atoms with Crippen molar-refractivity contribution in [3.05, 3.63) is 5.21 Å². The molecule has 1 rings (SSSR count). The van der Waals surface area contributed by atoms with Gasteiger partial charge in [-0.05, 0) is 40.0 Å². The van der Waals surface area contributed by atoms with Gasteiger partial charge in [-0.1, -0.05) is 6.92 Å². The van der Waals surface area contributed by atoms with Crippen LogP contribution in [0.3, 0.4) is 0 Å². The molecule has 2 heteroatoms. The SMILES string of the molecule is CC1CC(C)(C)N([O-])C1(C)C. The summed E-state index contributed by atoms with van der Waals surface area (Å²) in [6.07, 6.45) is 1.00. The second kappa shape index (κ2) is 2.20. The molecule has 0 aliphatic carbocycles. The maximum absolute atomic E-state index is 11.7. The lowest BCUT2D eigenvalue weighted by Crippen LogP contribution is -2.45. The van der Waals surface area contributed by atoms with Gasteiger partial charge in [-0.3, -0.25) is 0 Å². The predicted octanol–water partition coefficient (Wildman–Crippen LogP) is 2.38. The van der Waals surface area contributed by atoms with Crippen LogP contribution < -0.4 is 0 Å². The lowest BCUT2D eigenvalue weighted by Gasteiger charge is -2.47. The van der Waals surface area contributed by atoms with Gasteiger partial charge in [0.2, 0.25) is 0 Å². The minimum atomic E-state index is -0.177. The summed E-state index contributed by atoms with van der Waals surface area (Å²) in [5.74, 6) is 0.495. The fraction of sp³-hybridized carbons (Fsp3) is 1.00. The van der Waals surface area contributed by atoms with Crippen LogP contribution in [0.15, 0.2) is 0 Å². The van der Waals surface area contributed by atoms with E-state index in [2.05, 4.69) is 6.92 Å². The average Bonchev–Trinajstić information content (AvgIpc) is 1.94. The molecule has 0 N–H and O–H groups in total. The molecule has 1 unspecified atom stereocenters. The Balaban J connectivity index is 2.89. The molecule has 0 saturated carbocycles. The van der Waals surface area contributed by atoms with Crippen LogP contribution in [-0.4, -0.2) is 16.1 Å². The Morgan fingerprint density at radius 1 is 1.27 bits per heavy atom. The number of hydrogen-bond donors (Lipinski definition) is 0. The highest BCUT2D eigenvalue weighted by Crippen LogP contribution is 2.43. The van der Waals surface area contributed by atoms with Crippen LogP contribution in [0.4, 0.5) is 0 Å².